The van der Waals surface area contributed by atoms with Crippen molar-refractivity contribution in [3.05, 3.63) is 11.7 Å². The van der Waals surface area contributed by atoms with E-state index in [1.165, 1.54) is 6.42 Å². The van der Waals surface area contributed by atoms with Crippen molar-refractivity contribution in [2.24, 2.45) is 17.6 Å². The molecule has 1 aliphatic carbocycles. The van der Waals surface area contributed by atoms with E-state index in [1.54, 1.807) is 6.92 Å². The Hall–Kier alpha value is -1.43. The maximum Gasteiger partial charge on any atom is 0.223 e. The summed E-state index contributed by atoms with van der Waals surface area (Å²) in [5.41, 5.74) is 5.74. The molecule has 19 heavy (non-hydrogen) atoms. The van der Waals surface area contributed by atoms with Crippen LogP contribution in [0.5, 0.6) is 0 Å². The highest BCUT2D eigenvalue weighted by molar-refractivity contribution is 5.79. The van der Waals surface area contributed by atoms with Gasteiger partial charge in [-0.1, -0.05) is 18.0 Å². The molecule has 6 heteroatoms. The van der Waals surface area contributed by atoms with Crippen LogP contribution >= 0.6 is 0 Å². The highest BCUT2D eigenvalue weighted by Gasteiger charge is 2.29. The summed E-state index contributed by atoms with van der Waals surface area (Å²) in [6.45, 7) is 2.90. The molecule has 1 amide bonds. The van der Waals surface area contributed by atoms with Crippen LogP contribution in [0.15, 0.2) is 4.52 Å². The van der Waals surface area contributed by atoms with Crippen LogP contribution in [0.25, 0.3) is 0 Å². The Balaban J connectivity index is 1.77. The number of nitrogens with one attached hydrogen (secondary N) is 1. The summed E-state index contributed by atoms with van der Waals surface area (Å²) in [6, 6.07) is 0. The lowest BCUT2D eigenvalue weighted by Gasteiger charge is -2.29. The molecule has 2 rings (SSSR count). The number of aromatic nitrogens is 2. The van der Waals surface area contributed by atoms with Crippen molar-refractivity contribution in [2.45, 2.75) is 39.0 Å². The van der Waals surface area contributed by atoms with Crippen molar-refractivity contribution in [1.82, 2.24) is 15.5 Å². The van der Waals surface area contributed by atoms with Gasteiger partial charge in [-0.15, -0.1) is 0 Å². The van der Waals surface area contributed by atoms with Gasteiger partial charge in [0.25, 0.3) is 0 Å². The number of nitrogens with zero attached hydrogens (tertiary/aromatic N) is 2. The molecule has 1 saturated carbocycles. The molecule has 0 spiro atoms. The SMILES string of the molecule is Cc1nc(CCNC(=O)C2CCCCC2CN)no1. The van der Waals surface area contributed by atoms with Gasteiger partial charge in [-0.25, -0.2) is 0 Å². The molecule has 0 saturated heterocycles. The lowest BCUT2D eigenvalue weighted by atomic mass is 9.79. The summed E-state index contributed by atoms with van der Waals surface area (Å²) >= 11 is 0. The number of nitrogens with two attached hydrogens (primary N) is 1. The highest BCUT2D eigenvalue weighted by atomic mass is 16.5. The number of hydrogen-bond acceptors (Lipinski definition) is 5. The van der Waals surface area contributed by atoms with Crippen molar-refractivity contribution in [1.29, 1.82) is 0 Å². The zero-order valence-electron chi connectivity index (χ0n) is 11.4. The van der Waals surface area contributed by atoms with Gasteiger partial charge >= 0.3 is 0 Å². The molecular weight excluding hydrogens is 244 g/mol. The predicted molar refractivity (Wildman–Crippen MR) is 70.3 cm³/mol. The minimum atomic E-state index is 0.0748. The van der Waals surface area contributed by atoms with E-state index < -0.39 is 0 Å². The molecule has 0 bridgehead atoms. The molecule has 1 aromatic heterocycles. The molecule has 6 nitrogen and oxygen atoms in total. The molecule has 0 radical (unpaired) electrons. The zero-order chi connectivity index (χ0) is 13.7. The Kier molecular flexibility index (Phi) is 4.90. The Morgan fingerprint density at radius 3 is 2.95 bits per heavy atom. The summed E-state index contributed by atoms with van der Waals surface area (Å²) < 4.78 is 4.88. The molecule has 0 aliphatic heterocycles. The Morgan fingerprint density at radius 1 is 1.47 bits per heavy atom. The first kappa shape index (κ1) is 14.0. The molecule has 1 aliphatic rings. The van der Waals surface area contributed by atoms with Crippen LogP contribution in [-0.4, -0.2) is 29.1 Å². The number of carbonyl (C=O) groups is 1. The van der Waals surface area contributed by atoms with Gasteiger partial charge in [-0.05, 0) is 25.3 Å². The van der Waals surface area contributed by atoms with Gasteiger partial charge in [0.05, 0.1) is 0 Å². The molecule has 106 valence electrons. The summed E-state index contributed by atoms with van der Waals surface area (Å²) in [5.74, 6) is 1.72. The van der Waals surface area contributed by atoms with Crippen LogP contribution in [0.3, 0.4) is 0 Å². The standard InChI is InChI=1S/C13H22N4O2/c1-9-16-12(17-19-9)6-7-15-13(18)11-5-3-2-4-10(11)8-14/h10-11H,2-8,14H2,1H3,(H,15,18). The van der Waals surface area contributed by atoms with Gasteiger partial charge < -0.3 is 15.6 Å². The van der Waals surface area contributed by atoms with E-state index in [1.807, 2.05) is 0 Å². The lowest BCUT2D eigenvalue weighted by molar-refractivity contribution is -0.127. The Bertz CT molecular complexity index is 419. The first-order valence-corrected chi connectivity index (χ1v) is 6.97. The van der Waals surface area contributed by atoms with Gasteiger partial charge in [-0.3, -0.25) is 4.79 Å². The van der Waals surface area contributed by atoms with Gasteiger partial charge in [0.1, 0.15) is 0 Å². The van der Waals surface area contributed by atoms with E-state index in [2.05, 4.69) is 15.5 Å². The summed E-state index contributed by atoms with van der Waals surface area (Å²) in [7, 11) is 0. The smallest absolute Gasteiger partial charge is 0.223 e. The third-order valence-corrected chi connectivity index (χ3v) is 3.77. The fourth-order valence-electron chi connectivity index (χ4n) is 2.71. The van der Waals surface area contributed by atoms with Crippen LogP contribution in [0, 0.1) is 18.8 Å². The van der Waals surface area contributed by atoms with Crippen molar-refractivity contribution in [3.8, 4) is 0 Å². The Morgan fingerprint density at radius 2 is 2.26 bits per heavy atom. The molecule has 3 N–H and O–H groups in total. The fraction of sp³-hybridized carbons (Fsp3) is 0.769. The second-order valence-electron chi connectivity index (χ2n) is 5.16. The van der Waals surface area contributed by atoms with Crippen LogP contribution in [0.4, 0.5) is 0 Å². The van der Waals surface area contributed by atoms with Crippen molar-refractivity contribution >= 4 is 5.91 Å². The van der Waals surface area contributed by atoms with Crippen LogP contribution in [0.1, 0.15) is 37.4 Å². The average molecular weight is 266 g/mol. The van der Waals surface area contributed by atoms with Crippen LogP contribution < -0.4 is 11.1 Å². The predicted octanol–water partition coefficient (Wildman–Crippen LogP) is 0.802. The number of aryl methyl sites for hydroxylation is 1. The van der Waals surface area contributed by atoms with Crippen LogP contribution in [0.2, 0.25) is 0 Å². The molecule has 1 aromatic rings. The molecular formula is C13H22N4O2. The van der Waals surface area contributed by atoms with E-state index in [0.29, 0.717) is 37.1 Å². The maximum absolute atomic E-state index is 12.1. The third kappa shape index (κ3) is 3.76. The quantitative estimate of drug-likeness (QED) is 0.822. The minimum absolute atomic E-state index is 0.0748. The molecule has 1 heterocycles. The first-order valence-electron chi connectivity index (χ1n) is 6.97. The molecule has 2 atom stereocenters. The number of rotatable bonds is 5. The van der Waals surface area contributed by atoms with E-state index in [-0.39, 0.29) is 11.8 Å². The zero-order valence-corrected chi connectivity index (χ0v) is 11.4. The van der Waals surface area contributed by atoms with Crippen molar-refractivity contribution in [2.75, 3.05) is 13.1 Å². The summed E-state index contributed by atoms with van der Waals surface area (Å²) in [4.78, 5) is 16.2. The molecule has 2 unspecified atom stereocenters. The van der Waals surface area contributed by atoms with Gasteiger partial charge in [0, 0.05) is 25.8 Å². The minimum Gasteiger partial charge on any atom is -0.355 e. The third-order valence-electron chi connectivity index (χ3n) is 3.77. The number of hydrogen-bond donors (Lipinski definition) is 2. The molecule has 0 aromatic carbocycles. The van der Waals surface area contributed by atoms with Crippen molar-refractivity contribution < 1.29 is 9.32 Å². The van der Waals surface area contributed by atoms with E-state index in [9.17, 15) is 4.79 Å². The maximum atomic E-state index is 12.1. The van der Waals surface area contributed by atoms with E-state index in [4.69, 9.17) is 10.3 Å². The molecule has 1 fully saturated rings. The topological polar surface area (TPSA) is 94.0 Å². The van der Waals surface area contributed by atoms with Crippen molar-refractivity contribution in [3.63, 3.8) is 0 Å². The highest BCUT2D eigenvalue weighted by Crippen LogP contribution is 2.29. The summed E-state index contributed by atoms with van der Waals surface area (Å²) in [5, 5.41) is 6.76. The number of amides is 1. The monoisotopic (exact) mass is 266 g/mol. The second-order valence-corrected chi connectivity index (χ2v) is 5.16. The van der Waals surface area contributed by atoms with Gasteiger partial charge in [0.15, 0.2) is 5.82 Å². The van der Waals surface area contributed by atoms with Crippen LogP contribution in [-0.2, 0) is 11.2 Å². The van der Waals surface area contributed by atoms with Gasteiger partial charge in [0.2, 0.25) is 11.8 Å². The summed E-state index contributed by atoms with van der Waals surface area (Å²) in [6.07, 6.45) is 4.93. The Labute approximate surface area is 113 Å². The van der Waals surface area contributed by atoms with E-state index >= 15 is 0 Å². The number of carbonyl (C=O) groups excluding carboxylic acids is 1. The second kappa shape index (κ2) is 6.65. The lowest BCUT2D eigenvalue weighted by Crippen LogP contribution is -2.40. The first-order chi connectivity index (χ1) is 9.20. The average Bonchev–Trinajstić information content (AvgIpc) is 2.84. The largest absolute Gasteiger partial charge is 0.355 e. The normalized spacial score (nSPS) is 23.3. The van der Waals surface area contributed by atoms with E-state index in [0.717, 1.165) is 19.3 Å². The van der Waals surface area contributed by atoms with Gasteiger partial charge in [-0.2, -0.15) is 4.98 Å². The fourth-order valence-corrected chi connectivity index (χ4v) is 2.71.